The maximum Gasteiger partial charge on any atom is 0.321 e. The lowest BCUT2D eigenvalue weighted by Gasteiger charge is -2.34. The van der Waals surface area contributed by atoms with Crippen molar-refractivity contribution in [2.24, 2.45) is 5.92 Å². The van der Waals surface area contributed by atoms with Crippen molar-refractivity contribution in [2.45, 2.75) is 44.2 Å². The van der Waals surface area contributed by atoms with Crippen molar-refractivity contribution in [2.75, 3.05) is 36.8 Å². The first-order valence-electron chi connectivity index (χ1n) is 15.2. The van der Waals surface area contributed by atoms with E-state index in [0.29, 0.717) is 23.5 Å². The van der Waals surface area contributed by atoms with Crippen LogP contribution in [0.25, 0.3) is 10.8 Å². The molecular formula is C35H40N4O6S. The van der Waals surface area contributed by atoms with Gasteiger partial charge in [-0.25, -0.2) is 13.2 Å². The van der Waals surface area contributed by atoms with Gasteiger partial charge in [0.15, 0.2) is 0 Å². The molecule has 46 heavy (non-hydrogen) atoms. The quantitative estimate of drug-likeness (QED) is 0.240. The molecule has 4 aromatic carbocycles. The molecule has 3 amide bonds. The van der Waals surface area contributed by atoms with Gasteiger partial charge in [-0.2, -0.15) is 0 Å². The SMILES string of the molecule is Cc1ccc(S(=O)(=O)Nc2ccc3c(c2)CC(=O)N([C@H](C)CO)C[C@H](C)[C@H](CN(C)C(=O)Nc2cccc4ccccc24)O3)cc1. The molecule has 3 atom stereocenters. The zero-order chi connectivity index (χ0) is 33.0. The molecular weight excluding hydrogens is 604 g/mol. The highest BCUT2D eigenvalue weighted by atomic mass is 32.2. The molecule has 0 bridgehead atoms. The van der Waals surface area contributed by atoms with Crippen LogP contribution in [-0.2, 0) is 21.2 Å². The second-order valence-corrected chi connectivity index (χ2v) is 13.6. The van der Waals surface area contributed by atoms with Crippen molar-refractivity contribution in [3.8, 4) is 5.75 Å². The number of urea groups is 1. The zero-order valence-electron chi connectivity index (χ0n) is 26.4. The van der Waals surface area contributed by atoms with E-state index in [2.05, 4.69) is 10.0 Å². The number of hydrogen-bond acceptors (Lipinski definition) is 6. The van der Waals surface area contributed by atoms with Gasteiger partial charge in [-0.05, 0) is 55.6 Å². The summed E-state index contributed by atoms with van der Waals surface area (Å²) in [5.41, 5.74) is 2.41. The lowest BCUT2D eigenvalue weighted by atomic mass is 10.0. The molecule has 10 nitrogen and oxygen atoms in total. The Morgan fingerprint density at radius 1 is 1.07 bits per heavy atom. The zero-order valence-corrected chi connectivity index (χ0v) is 27.3. The summed E-state index contributed by atoms with van der Waals surface area (Å²) >= 11 is 0. The van der Waals surface area contributed by atoms with Gasteiger partial charge < -0.3 is 25.0 Å². The number of hydrogen-bond donors (Lipinski definition) is 3. The maximum absolute atomic E-state index is 13.6. The molecule has 0 aromatic heterocycles. The summed E-state index contributed by atoms with van der Waals surface area (Å²) in [6.45, 7) is 5.87. The Bertz CT molecular complexity index is 1820. The van der Waals surface area contributed by atoms with E-state index < -0.39 is 22.2 Å². The van der Waals surface area contributed by atoms with Gasteiger partial charge in [0.25, 0.3) is 10.0 Å². The number of fused-ring (bicyclic) bond motifs is 2. The largest absolute Gasteiger partial charge is 0.488 e. The average molecular weight is 645 g/mol. The van der Waals surface area contributed by atoms with Crippen LogP contribution in [0.4, 0.5) is 16.2 Å². The topological polar surface area (TPSA) is 128 Å². The third-order valence-corrected chi connectivity index (χ3v) is 9.73. The van der Waals surface area contributed by atoms with Crippen LogP contribution in [0.1, 0.15) is 25.0 Å². The number of rotatable bonds is 8. The monoisotopic (exact) mass is 644 g/mol. The van der Waals surface area contributed by atoms with E-state index in [1.54, 1.807) is 54.1 Å². The number of sulfonamides is 1. The molecule has 0 saturated heterocycles. The molecule has 3 N–H and O–H groups in total. The molecule has 11 heteroatoms. The number of anilines is 2. The van der Waals surface area contributed by atoms with Crippen LogP contribution in [0.2, 0.25) is 0 Å². The van der Waals surface area contributed by atoms with E-state index in [1.165, 1.54) is 12.1 Å². The number of nitrogens with zero attached hydrogens (tertiary/aromatic N) is 2. The number of benzene rings is 4. The summed E-state index contributed by atoms with van der Waals surface area (Å²) < 4.78 is 35.3. The second-order valence-electron chi connectivity index (χ2n) is 12.0. The first-order chi connectivity index (χ1) is 21.9. The number of amides is 3. The van der Waals surface area contributed by atoms with Crippen molar-refractivity contribution in [3.05, 3.63) is 96.1 Å². The van der Waals surface area contributed by atoms with Crippen LogP contribution in [0.5, 0.6) is 5.75 Å². The molecule has 0 saturated carbocycles. The van der Waals surface area contributed by atoms with E-state index in [9.17, 15) is 23.1 Å². The number of aryl methyl sites for hydroxylation is 1. The molecule has 4 aromatic rings. The fourth-order valence-corrected chi connectivity index (χ4v) is 6.59. The molecule has 242 valence electrons. The van der Waals surface area contributed by atoms with Crippen LogP contribution >= 0.6 is 0 Å². The van der Waals surface area contributed by atoms with Gasteiger partial charge >= 0.3 is 6.03 Å². The van der Waals surface area contributed by atoms with E-state index in [4.69, 9.17) is 4.74 Å². The molecule has 0 fully saturated rings. The Morgan fingerprint density at radius 3 is 2.52 bits per heavy atom. The molecule has 0 radical (unpaired) electrons. The highest BCUT2D eigenvalue weighted by Crippen LogP contribution is 2.30. The predicted octanol–water partition coefficient (Wildman–Crippen LogP) is 5.26. The third kappa shape index (κ3) is 7.43. The van der Waals surface area contributed by atoms with E-state index in [-0.39, 0.29) is 48.0 Å². The van der Waals surface area contributed by atoms with Gasteiger partial charge in [-0.1, -0.05) is 61.0 Å². The van der Waals surface area contributed by atoms with Crippen LogP contribution in [0.3, 0.4) is 0 Å². The van der Waals surface area contributed by atoms with Crippen molar-refractivity contribution in [1.82, 2.24) is 9.80 Å². The molecule has 0 spiro atoms. The average Bonchev–Trinajstić information content (AvgIpc) is 3.08. The molecule has 5 rings (SSSR count). The van der Waals surface area contributed by atoms with Gasteiger partial charge in [0.2, 0.25) is 5.91 Å². The minimum atomic E-state index is -3.88. The van der Waals surface area contributed by atoms with Gasteiger partial charge in [-0.3, -0.25) is 9.52 Å². The van der Waals surface area contributed by atoms with Crippen molar-refractivity contribution < 1.29 is 27.9 Å². The molecule has 0 unspecified atom stereocenters. The van der Waals surface area contributed by atoms with Crippen LogP contribution < -0.4 is 14.8 Å². The normalized spacial score (nSPS) is 17.6. The Kier molecular flexibility index (Phi) is 9.83. The Balaban J connectivity index is 1.41. The van der Waals surface area contributed by atoms with Crippen LogP contribution in [-0.4, -0.2) is 74.2 Å². The summed E-state index contributed by atoms with van der Waals surface area (Å²) in [5.74, 6) is -0.0271. The standard InChI is InChI=1S/C35H40N4O6S/c1-23-12-15-29(16-13-23)46(43,44)37-28-14-17-32-27(18-28)19-34(41)39(25(3)22-40)20-24(2)33(45-32)21-38(4)35(42)36-31-11-7-9-26-8-5-6-10-30(26)31/h5-18,24-25,33,37,40H,19-22H2,1-4H3,(H,36,42)/t24-,25+,33-/m0/s1. The minimum absolute atomic E-state index is 0.0589. The molecule has 1 aliphatic rings. The van der Waals surface area contributed by atoms with E-state index >= 15 is 0 Å². The predicted molar refractivity (Wildman–Crippen MR) is 180 cm³/mol. The summed E-state index contributed by atoms with van der Waals surface area (Å²) in [5, 5.41) is 14.9. The highest BCUT2D eigenvalue weighted by Gasteiger charge is 2.32. The summed E-state index contributed by atoms with van der Waals surface area (Å²) in [7, 11) is -2.19. The van der Waals surface area contributed by atoms with Gasteiger partial charge in [0.1, 0.15) is 11.9 Å². The number of aliphatic hydroxyl groups is 1. The fraction of sp³-hybridized carbons (Fsp3) is 0.314. The van der Waals surface area contributed by atoms with Crippen molar-refractivity contribution in [1.29, 1.82) is 0 Å². The maximum atomic E-state index is 13.6. The Labute approximate surface area is 270 Å². The lowest BCUT2D eigenvalue weighted by molar-refractivity contribution is -0.134. The molecule has 1 heterocycles. The highest BCUT2D eigenvalue weighted by molar-refractivity contribution is 7.92. The minimum Gasteiger partial charge on any atom is -0.488 e. The summed E-state index contributed by atoms with van der Waals surface area (Å²) in [6, 6.07) is 24.1. The van der Waals surface area contributed by atoms with E-state index in [1.807, 2.05) is 56.3 Å². The summed E-state index contributed by atoms with van der Waals surface area (Å²) in [4.78, 5) is 30.2. The molecule has 0 aliphatic carbocycles. The second kappa shape index (κ2) is 13.8. The number of ether oxygens (including phenoxy) is 1. The van der Waals surface area contributed by atoms with Crippen molar-refractivity contribution >= 4 is 44.1 Å². The number of nitrogens with one attached hydrogen (secondary N) is 2. The van der Waals surface area contributed by atoms with Crippen LogP contribution in [0, 0.1) is 12.8 Å². The number of carbonyl (C=O) groups excluding carboxylic acids is 2. The van der Waals surface area contributed by atoms with Gasteiger partial charge in [-0.15, -0.1) is 0 Å². The lowest BCUT2D eigenvalue weighted by Crippen LogP contribution is -2.48. The first kappa shape index (κ1) is 32.8. The first-order valence-corrected chi connectivity index (χ1v) is 16.7. The number of carbonyl (C=O) groups is 2. The number of likely N-dealkylation sites (N-methyl/N-ethyl adjacent to an activating group) is 1. The van der Waals surface area contributed by atoms with Crippen molar-refractivity contribution in [3.63, 3.8) is 0 Å². The van der Waals surface area contributed by atoms with E-state index in [0.717, 1.165) is 16.3 Å². The smallest absolute Gasteiger partial charge is 0.321 e. The van der Waals surface area contributed by atoms with Gasteiger partial charge in [0, 0.05) is 36.1 Å². The van der Waals surface area contributed by atoms with Gasteiger partial charge in [0.05, 0.1) is 36.2 Å². The summed E-state index contributed by atoms with van der Waals surface area (Å²) in [6.07, 6.45) is -0.590. The Hall–Kier alpha value is -4.61. The fourth-order valence-electron chi connectivity index (χ4n) is 5.54. The number of aliphatic hydroxyl groups excluding tert-OH is 1. The molecule has 1 aliphatic heterocycles. The third-order valence-electron chi connectivity index (χ3n) is 8.33. The Morgan fingerprint density at radius 2 is 1.78 bits per heavy atom. The van der Waals surface area contributed by atoms with Crippen LogP contribution in [0.15, 0.2) is 89.8 Å².